The molecule has 0 radical (unpaired) electrons. The molecule has 0 fully saturated rings. The van der Waals surface area contributed by atoms with Crippen molar-refractivity contribution in [3.63, 3.8) is 0 Å². The first-order valence-electron chi connectivity index (χ1n) is 5.81. The number of rotatable bonds is 2. The average molecular weight is 413 g/mol. The van der Waals surface area contributed by atoms with Gasteiger partial charge in [0.2, 0.25) is 0 Å². The number of aromatic nitrogens is 1. The van der Waals surface area contributed by atoms with Crippen molar-refractivity contribution in [3.05, 3.63) is 62.6 Å². The van der Waals surface area contributed by atoms with Crippen molar-refractivity contribution in [2.75, 3.05) is 0 Å². The molecule has 1 aromatic heterocycles. The molecule has 0 N–H and O–H groups in total. The Labute approximate surface area is 138 Å². The highest BCUT2D eigenvalue weighted by molar-refractivity contribution is 9.13. The summed E-state index contributed by atoms with van der Waals surface area (Å²) in [5.74, 6) is 1.35. The standard InChI is InChI=1S/C15H8Br2ClNO/c16-11-8-19-13-6-5-9(7-10(13)15(11)17)20-14-4-2-1-3-12(14)18/h1-8H. The SMILES string of the molecule is Clc1ccccc1Oc1ccc2ncc(Br)c(Br)c2c1. The van der Waals surface area contributed by atoms with E-state index in [1.54, 1.807) is 12.3 Å². The van der Waals surface area contributed by atoms with E-state index < -0.39 is 0 Å². The second kappa shape index (κ2) is 5.72. The van der Waals surface area contributed by atoms with Gasteiger partial charge in [-0.25, -0.2) is 0 Å². The van der Waals surface area contributed by atoms with Gasteiger partial charge in [-0.15, -0.1) is 0 Å². The number of ether oxygens (including phenoxy) is 1. The second-order valence-electron chi connectivity index (χ2n) is 4.13. The zero-order valence-corrected chi connectivity index (χ0v) is 14.0. The Balaban J connectivity index is 2.05. The van der Waals surface area contributed by atoms with E-state index in [1.165, 1.54) is 0 Å². The molecular weight excluding hydrogens is 405 g/mol. The zero-order chi connectivity index (χ0) is 14.1. The Morgan fingerprint density at radius 3 is 2.65 bits per heavy atom. The molecule has 1 heterocycles. The molecule has 20 heavy (non-hydrogen) atoms. The molecule has 100 valence electrons. The molecule has 0 bridgehead atoms. The van der Waals surface area contributed by atoms with Crippen molar-refractivity contribution in [3.8, 4) is 11.5 Å². The maximum atomic E-state index is 6.09. The maximum absolute atomic E-state index is 6.09. The van der Waals surface area contributed by atoms with Gasteiger partial charge in [-0.3, -0.25) is 4.98 Å². The number of nitrogens with zero attached hydrogens (tertiary/aromatic N) is 1. The van der Waals surface area contributed by atoms with Gasteiger partial charge in [0.15, 0.2) is 0 Å². The molecule has 2 aromatic carbocycles. The Morgan fingerprint density at radius 2 is 1.85 bits per heavy atom. The molecule has 5 heteroatoms. The Morgan fingerprint density at radius 1 is 1.05 bits per heavy atom. The average Bonchev–Trinajstić information content (AvgIpc) is 2.46. The third-order valence-electron chi connectivity index (χ3n) is 2.80. The highest BCUT2D eigenvalue weighted by atomic mass is 79.9. The van der Waals surface area contributed by atoms with E-state index in [-0.39, 0.29) is 0 Å². The molecule has 2 nitrogen and oxygen atoms in total. The van der Waals surface area contributed by atoms with Crippen LogP contribution in [0.15, 0.2) is 57.6 Å². The summed E-state index contributed by atoms with van der Waals surface area (Å²) in [6, 6.07) is 13.1. The van der Waals surface area contributed by atoms with Gasteiger partial charge in [0.05, 0.1) is 15.0 Å². The van der Waals surface area contributed by atoms with E-state index in [1.807, 2.05) is 36.4 Å². The van der Waals surface area contributed by atoms with Crippen LogP contribution in [0.3, 0.4) is 0 Å². The van der Waals surface area contributed by atoms with Crippen LogP contribution in [0.2, 0.25) is 5.02 Å². The molecule has 3 rings (SSSR count). The summed E-state index contributed by atoms with van der Waals surface area (Å²) in [5, 5.41) is 1.56. The van der Waals surface area contributed by atoms with Crippen LogP contribution in [0.5, 0.6) is 11.5 Å². The summed E-state index contributed by atoms with van der Waals surface area (Å²) in [6.45, 7) is 0. The Kier molecular flexibility index (Phi) is 3.96. The highest BCUT2D eigenvalue weighted by Crippen LogP contribution is 2.34. The number of fused-ring (bicyclic) bond motifs is 1. The van der Waals surface area contributed by atoms with Crippen molar-refractivity contribution in [2.24, 2.45) is 0 Å². The van der Waals surface area contributed by atoms with E-state index in [9.17, 15) is 0 Å². The molecular formula is C15H8Br2ClNO. The van der Waals surface area contributed by atoms with E-state index in [2.05, 4.69) is 36.8 Å². The molecule has 0 saturated carbocycles. The lowest BCUT2D eigenvalue weighted by Gasteiger charge is -2.09. The summed E-state index contributed by atoms with van der Waals surface area (Å²) in [4.78, 5) is 4.35. The quantitative estimate of drug-likeness (QED) is 0.499. The van der Waals surface area contributed by atoms with E-state index in [0.29, 0.717) is 16.5 Å². The maximum Gasteiger partial charge on any atom is 0.146 e. The lowest BCUT2D eigenvalue weighted by atomic mass is 10.2. The number of halogens is 3. The minimum atomic E-state index is 0.582. The van der Waals surface area contributed by atoms with Crippen molar-refractivity contribution >= 4 is 54.4 Å². The van der Waals surface area contributed by atoms with Gasteiger partial charge in [-0.2, -0.15) is 0 Å². The molecule has 0 unspecified atom stereocenters. The zero-order valence-electron chi connectivity index (χ0n) is 10.1. The van der Waals surface area contributed by atoms with Crippen LogP contribution in [-0.4, -0.2) is 4.98 Å². The van der Waals surface area contributed by atoms with Gasteiger partial charge < -0.3 is 4.74 Å². The molecule has 0 saturated heterocycles. The summed E-state index contributed by atoms with van der Waals surface area (Å²) >= 11 is 13.1. The van der Waals surface area contributed by atoms with Crippen LogP contribution in [0, 0.1) is 0 Å². The number of benzene rings is 2. The van der Waals surface area contributed by atoms with Crippen LogP contribution in [0.25, 0.3) is 10.9 Å². The summed E-state index contributed by atoms with van der Waals surface area (Å²) in [6.07, 6.45) is 1.76. The first-order valence-corrected chi connectivity index (χ1v) is 7.78. The normalized spacial score (nSPS) is 10.8. The fourth-order valence-electron chi connectivity index (χ4n) is 1.83. The first kappa shape index (κ1) is 13.9. The lowest BCUT2D eigenvalue weighted by Crippen LogP contribution is -1.87. The Bertz CT molecular complexity index is 792. The van der Waals surface area contributed by atoms with Crippen molar-refractivity contribution in [1.29, 1.82) is 0 Å². The molecule has 0 amide bonds. The molecule has 0 aliphatic carbocycles. The Hall–Kier alpha value is -1.10. The summed E-state index contributed by atoms with van der Waals surface area (Å²) in [5.41, 5.74) is 0.895. The fourth-order valence-corrected chi connectivity index (χ4v) is 2.74. The van der Waals surface area contributed by atoms with Gasteiger partial charge >= 0.3 is 0 Å². The molecule has 0 aliphatic rings. The van der Waals surface area contributed by atoms with E-state index in [4.69, 9.17) is 16.3 Å². The van der Waals surface area contributed by atoms with Gasteiger partial charge in [0.25, 0.3) is 0 Å². The predicted molar refractivity (Wildman–Crippen MR) is 88.7 cm³/mol. The van der Waals surface area contributed by atoms with E-state index >= 15 is 0 Å². The minimum Gasteiger partial charge on any atom is -0.456 e. The highest BCUT2D eigenvalue weighted by Gasteiger charge is 2.07. The molecule has 0 aliphatic heterocycles. The van der Waals surface area contributed by atoms with E-state index in [0.717, 1.165) is 19.8 Å². The van der Waals surface area contributed by atoms with Gasteiger partial charge in [-0.05, 0) is 62.2 Å². The number of hydrogen-bond acceptors (Lipinski definition) is 2. The molecule has 3 aromatic rings. The number of para-hydroxylation sites is 1. The van der Waals surface area contributed by atoms with Crippen LogP contribution in [0.4, 0.5) is 0 Å². The van der Waals surface area contributed by atoms with Crippen LogP contribution >= 0.6 is 43.5 Å². The van der Waals surface area contributed by atoms with Crippen LogP contribution in [0.1, 0.15) is 0 Å². The van der Waals surface area contributed by atoms with Gasteiger partial charge in [0, 0.05) is 16.1 Å². The minimum absolute atomic E-state index is 0.582. The monoisotopic (exact) mass is 411 g/mol. The number of hydrogen-bond donors (Lipinski definition) is 0. The first-order chi connectivity index (χ1) is 9.65. The van der Waals surface area contributed by atoms with Crippen molar-refractivity contribution < 1.29 is 4.74 Å². The smallest absolute Gasteiger partial charge is 0.146 e. The second-order valence-corrected chi connectivity index (χ2v) is 6.19. The number of pyridine rings is 1. The summed E-state index contributed by atoms with van der Waals surface area (Å²) in [7, 11) is 0. The largest absolute Gasteiger partial charge is 0.456 e. The van der Waals surface area contributed by atoms with Crippen molar-refractivity contribution in [2.45, 2.75) is 0 Å². The molecule has 0 atom stereocenters. The third kappa shape index (κ3) is 2.68. The van der Waals surface area contributed by atoms with Gasteiger partial charge in [0.1, 0.15) is 11.5 Å². The predicted octanol–water partition coefficient (Wildman–Crippen LogP) is 6.21. The van der Waals surface area contributed by atoms with Gasteiger partial charge in [-0.1, -0.05) is 23.7 Å². The lowest BCUT2D eigenvalue weighted by molar-refractivity contribution is 0.483. The molecule has 0 spiro atoms. The third-order valence-corrected chi connectivity index (χ3v) is 5.10. The fraction of sp³-hybridized carbons (Fsp3) is 0. The van der Waals surface area contributed by atoms with Crippen molar-refractivity contribution in [1.82, 2.24) is 4.98 Å². The topological polar surface area (TPSA) is 22.1 Å². The summed E-state index contributed by atoms with van der Waals surface area (Å²) < 4.78 is 7.67. The van der Waals surface area contributed by atoms with Crippen LogP contribution in [-0.2, 0) is 0 Å². The van der Waals surface area contributed by atoms with Crippen LogP contribution < -0.4 is 4.74 Å².